The Morgan fingerprint density at radius 3 is 2.69 bits per heavy atom. The molecule has 0 aromatic carbocycles. The van der Waals surface area contributed by atoms with Crippen LogP contribution in [-0.2, 0) is 4.79 Å². The highest BCUT2D eigenvalue weighted by Crippen LogP contribution is 2.18. The summed E-state index contributed by atoms with van der Waals surface area (Å²) < 4.78 is 0.831. The van der Waals surface area contributed by atoms with Crippen molar-refractivity contribution in [2.45, 2.75) is 51.0 Å². The van der Waals surface area contributed by atoms with E-state index in [1.165, 1.54) is 32.1 Å². The minimum atomic E-state index is -0.730. The molecule has 3 nitrogen and oxygen atoms in total. The molecule has 0 atom stereocenters. The Hall–Kier alpha value is -0.290. The Bertz CT molecular complexity index is 240. The van der Waals surface area contributed by atoms with E-state index in [-0.39, 0.29) is 6.42 Å². The number of carboxylic acids is 1. The van der Waals surface area contributed by atoms with E-state index >= 15 is 0 Å². The van der Waals surface area contributed by atoms with Crippen molar-refractivity contribution in [3.05, 3.63) is 0 Å². The fraction of sp³-hybridized carbons (Fsp3) is 0.818. The van der Waals surface area contributed by atoms with Gasteiger partial charge in [0.1, 0.15) is 4.32 Å². The summed E-state index contributed by atoms with van der Waals surface area (Å²) in [6, 6.07) is 0.549. The van der Waals surface area contributed by atoms with Gasteiger partial charge in [0.25, 0.3) is 0 Å². The van der Waals surface area contributed by atoms with Crippen LogP contribution >= 0.6 is 24.0 Å². The third-order valence-corrected chi connectivity index (χ3v) is 4.04. The molecule has 0 heterocycles. The maximum absolute atomic E-state index is 10.3. The number of nitrogens with one attached hydrogen (secondary N) is 1. The van der Waals surface area contributed by atoms with E-state index < -0.39 is 5.97 Å². The molecule has 0 aromatic heterocycles. The van der Waals surface area contributed by atoms with Gasteiger partial charge in [-0.2, -0.15) is 0 Å². The molecule has 92 valence electrons. The molecule has 1 aliphatic rings. The maximum atomic E-state index is 10.3. The molecule has 0 bridgehead atoms. The van der Waals surface area contributed by atoms with Crippen LogP contribution in [0.25, 0.3) is 0 Å². The van der Waals surface area contributed by atoms with Crippen molar-refractivity contribution in [2.75, 3.05) is 5.75 Å². The summed E-state index contributed by atoms with van der Waals surface area (Å²) in [5.74, 6) is 0.0666. The lowest BCUT2D eigenvalue weighted by molar-refractivity contribution is -0.137. The third kappa shape index (κ3) is 6.33. The normalized spacial score (nSPS) is 17.0. The van der Waals surface area contributed by atoms with Crippen LogP contribution in [0.2, 0.25) is 0 Å². The molecule has 0 saturated heterocycles. The van der Waals surface area contributed by atoms with Crippen molar-refractivity contribution in [3.8, 4) is 0 Å². The lowest BCUT2D eigenvalue weighted by Gasteiger charge is -2.23. The molecule has 0 amide bonds. The van der Waals surface area contributed by atoms with Crippen LogP contribution in [-0.4, -0.2) is 27.2 Å². The Morgan fingerprint density at radius 1 is 1.38 bits per heavy atom. The Labute approximate surface area is 106 Å². The molecule has 0 aliphatic heterocycles. The lowest BCUT2D eigenvalue weighted by Crippen LogP contribution is -2.33. The van der Waals surface area contributed by atoms with Gasteiger partial charge in [-0.25, -0.2) is 0 Å². The fourth-order valence-corrected chi connectivity index (χ4v) is 2.98. The average Bonchev–Trinajstić information content (AvgIpc) is 2.25. The zero-order valence-electron chi connectivity index (χ0n) is 9.41. The second kappa shape index (κ2) is 7.90. The van der Waals surface area contributed by atoms with Gasteiger partial charge in [0.15, 0.2) is 0 Å². The van der Waals surface area contributed by atoms with E-state index in [0.717, 1.165) is 10.1 Å². The summed E-state index contributed by atoms with van der Waals surface area (Å²) in [5.41, 5.74) is 0. The van der Waals surface area contributed by atoms with Gasteiger partial charge in [-0.15, -0.1) is 0 Å². The third-order valence-electron chi connectivity index (χ3n) is 2.70. The number of carboxylic acid groups (broad SMARTS) is 1. The first-order chi connectivity index (χ1) is 7.68. The quantitative estimate of drug-likeness (QED) is 0.589. The summed E-state index contributed by atoms with van der Waals surface area (Å²) in [6.45, 7) is 0. The lowest BCUT2D eigenvalue weighted by atomic mass is 9.96. The fourth-order valence-electron chi connectivity index (χ4n) is 1.84. The van der Waals surface area contributed by atoms with Crippen molar-refractivity contribution in [2.24, 2.45) is 0 Å². The largest absolute Gasteiger partial charge is 0.481 e. The Balaban J connectivity index is 2.03. The van der Waals surface area contributed by atoms with Gasteiger partial charge < -0.3 is 10.4 Å². The van der Waals surface area contributed by atoms with Crippen molar-refractivity contribution >= 4 is 34.3 Å². The van der Waals surface area contributed by atoms with Gasteiger partial charge in [0, 0.05) is 18.2 Å². The van der Waals surface area contributed by atoms with E-state index in [9.17, 15) is 4.79 Å². The monoisotopic (exact) mass is 261 g/mol. The summed E-state index contributed by atoms with van der Waals surface area (Å²) in [5, 5.41) is 11.8. The summed E-state index contributed by atoms with van der Waals surface area (Å²) in [7, 11) is 0. The predicted molar refractivity (Wildman–Crippen MR) is 71.9 cm³/mol. The smallest absolute Gasteiger partial charge is 0.303 e. The molecule has 1 aliphatic carbocycles. The standard InChI is InChI=1S/C11H19NO2S2/c13-10(14)7-4-8-16-11(15)12-9-5-2-1-3-6-9/h9H,1-8H2,(H,12,15)(H,13,14). The minimum Gasteiger partial charge on any atom is -0.481 e. The second-order valence-corrected chi connectivity index (χ2v) is 5.88. The van der Waals surface area contributed by atoms with E-state index in [0.29, 0.717) is 12.5 Å². The van der Waals surface area contributed by atoms with Gasteiger partial charge >= 0.3 is 5.97 Å². The highest BCUT2D eigenvalue weighted by Gasteiger charge is 2.13. The summed E-state index contributed by atoms with van der Waals surface area (Å²) >= 11 is 6.79. The number of thioether (sulfide) groups is 1. The first kappa shape index (κ1) is 13.8. The molecule has 2 N–H and O–H groups in total. The zero-order valence-corrected chi connectivity index (χ0v) is 11.0. The molecule has 1 fully saturated rings. The van der Waals surface area contributed by atoms with Crippen molar-refractivity contribution in [1.82, 2.24) is 5.32 Å². The van der Waals surface area contributed by atoms with Gasteiger partial charge in [0.05, 0.1) is 0 Å². The van der Waals surface area contributed by atoms with Crippen LogP contribution in [0.5, 0.6) is 0 Å². The average molecular weight is 261 g/mol. The highest BCUT2D eigenvalue weighted by molar-refractivity contribution is 8.22. The van der Waals surface area contributed by atoms with Crippen LogP contribution in [0.4, 0.5) is 0 Å². The topological polar surface area (TPSA) is 49.3 Å². The van der Waals surface area contributed by atoms with E-state index in [1.54, 1.807) is 11.8 Å². The molecule has 0 radical (unpaired) electrons. The van der Waals surface area contributed by atoms with E-state index in [2.05, 4.69) is 5.32 Å². The molecule has 16 heavy (non-hydrogen) atoms. The number of hydrogen-bond donors (Lipinski definition) is 2. The van der Waals surface area contributed by atoms with Crippen LogP contribution in [0.3, 0.4) is 0 Å². The van der Waals surface area contributed by atoms with Crippen LogP contribution in [0, 0.1) is 0 Å². The van der Waals surface area contributed by atoms with Crippen LogP contribution < -0.4 is 5.32 Å². The second-order valence-electron chi connectivity index (χ2n) is 4.11. The number of thiocarbonyl (C=S) groups is 1. The maximum Gasteiger partial charge on any atom is 0.303 e. The molecule has 1 saturated carbocycles. The number of rotatable bonds is 5. The number of hydrogen-bond acceptors (Lipinski definition) is 3. The van der Waals surface area contributed by atoms with Crippen molar-refractivity contribution in [1.29, 1.82) is 0 Å². The number of aliphatic carboxylic acids is 1. The molecule has 5 heteroatoms. The zero-order chi connectivity index (χ0) is 11.8. The van der Waals surface area contributed by atoms with Crippen LogP contribution in [0.1, 0.15) is 44.9 Å². The van der Waals surface area contributed by atoms with Crippen LogP contribution in [0.15, 0.2) is 0 Å². The highest BCUT2D eigenvalue weighted by atomic mass is 32.2. The molecule has 1 rings (SSSR count). The van der Waals surface area contributed by atoms with Gasteiger partial charge in [0.2, 0.25) is 0 Å². The first-order valence-corrected chi connectivity index (χ1v) is 7.23. The minimum absolute atomic E-state index is 0.235. The molecule has 0 aromatic rings. The predicted octanol–water partition coefficient (Wildman–Crippen LogP) is 2.79. The molecular weight excluding hydrogens is 242 g/mol. The number of carbonyl (C=O) groups is 1. The van der Waals surface area contributed by atoms with E-state index in [1.807, 2.05) is 0 Å². The summed E-state index contributed by atoms with van der Waals surface area (Å²) in [4.78, 5) is 10.3. The first-order valence-electron chi connectivity index (χ1n) is 5.83. The van der Waals surface area contributed by atoms with Gasteiger partial charge in [-0.1, -0.05) is 43.2 Å². The molecular formula is C11H19NO2S2. The van der Waals surface area contributed by atoms with Gasteiger partial charge in [-0.05, 0) is 19.3 Å². The Morgan fingerprint density at radius 2 is 2.06 bits per heavy atom. The molecule has 0 unspecified atom stereocenters. The Kier molecular flexibility index (Phi) is 6.80. The van der Waals surface area contributed by atoms with Crippen molar-refractivity contribution in [3.63, 3.8) is 0 Å². The van der Waals surface area contributed by atoms with E-state index in [4.69, 9.17) is 17.3 Å². The molecule has 0 spiro atoms. The van der Waals surface area contributed by atoms with Gasteiger partial charge in [-0.3, -0.25) is 4.79 Å². The van der Waals surface area contributed by atoms with Crippen molar-refractivity contribution < 1.29 is 9.90 Å². The summed E-state index contributed by atoms with van der Waals surface area (Å²) in [6.07, 6.45) is 7.29. The SMILES string of the molecule is O=C(O)CCCSC(=S)NC1CCCCC1.